The highest BCUT2D eigenvalue weighted by Gasteiger charge is 2.02. The molecule has 130 valence electrons. The van der Waals surface area contributed by atoms with Gasteiger partial charge in [-0.05, 0) is 49.8 Å². The minimum atomic E-state index is -1.29. The van der Waals surface area contributed by atoms with Crippen molar-refractivity contribution in [2.45, 2.75) is 13.8 Å². The number of rotatable bonds is 6. The topological polar surface area (TPSA) is 85.8 Å². The van der Waals surface area contributed by atoms with E-state index in [-0.39, 0.29) is 0 Å². The zero-order valence-electron chi connectivity index (χ0n) is 13.9. The Morgan fingerprint density at radius 3 is 2.76 bits per heavy atom. The summed E-state index contributed by atoms with van der Waals surface area (Å²) in [6.07, 6.45) is 1.50. The van der Waals surface area contributed by atoms with Crippen molar-refractivity contribution in [3.8, 4) is 5.75 Å². The number of carboxylic acids is 1. The van der Waals surface area contributed by atoms with E-state index < -0.39 is 12.6 Å². The van der Waals surface area contributed by atoms with E-state index in [1.165, 1.54) is 11.8 Å². The van der Waals surface area contributed by atoms with E-state index in [4.69, 9.17) is 17.0 Å². The Balaban J connectivity index is 1.96. The maximum Gasteiger partial charge on any atom is 0.191 e. The Morgan fingerprint density at radius 2 is 2.04 bits per heavy atom. The fourth-order valence-electron chi connectivity index (χ4n) is 2.12. The summed E-state index contributed by atoms with van der Waals surface area (Å²) in [6.45, 7) is 3.49. The zero-order valence-corrected chi connectivity index (χ0v) is 14.7. The number of para-hydroxylation sites is 1. The van der Waals surface area contributed by atoms with Gasteiger partial charge < -0.3 is 20.0 Å². The fourth-order valence-corrected chi connectivity index (χ4v) is 2.28. The number of nitrogens with one attached hydrogen (secondary N) is 2. The van der Waals surface area contributed by atoms with Crippen LogP contribution in [0.15, 0.2) is 47.6 Å². The van der Waals surface area contributed by atoms with E-state index in [0.29, 0.717) is 16.4 Å². The van der Waals surface area contributed by atoms with Crippen LogP contribution in [-0.2, 0) is 4.79 Å². The average Bonchev–Trinajstić information content (AvgIpc) is 2.56. The summed E-state index contributed by atoms with van der Waals surface area (Å²) in [5.74, 6) is -0.894. The standard InChI is InChI=1S/C18H19N3O3S/c1-12-7-8-15(13(2)9-12)20-18(25)21-19-10-14-5-3-4-6-16(14)24-11-17(22)23/h3-10H,11H2,1-2H3,(H,22,23)(H2,20,21,25)/p-1/b19-10-. The molecule has 0 aliphatic heterocycles. The van der Waals surface area contributed by atoms with Gasteiger partial charge in [-0.15, -0.1) is 0 Å². The second kappa shape index (κ2) is 8.79. The van der Waals surface area contributed by atoms with Crippen molar-refractivity contribution >= 4 is 35.2 Å². The van der Waals surface area contributed by atoms with Crippen molar-refractivity contribution in [1.29, 1.82) is 0 Å². The van der Waals surface area contributed by atoms with Crippen LogP contribution >= 0.6 is 12.2 Å². The van der Waals surface area contributed by atoms with Gasteiger partial charge in [0.2, 0.25) is 0 Å². The highest BCUT2D eigenvalue weighted by molar-refractivity contribution is 7.80. The Morgan fingerprint density at radius 1 is 1.28 bits per heavy atom. The van der Waals surface area contributed by atoms with Crippen molar-refractivity contribution in [3.05, 3.63) is 59.2 Å². The molecular weight excluding hydrogens is 338 g/mol. The molecule has 0 saturated heterocycles. The molecule has 0 aromatic heterocycles. The molecule has 0 heterocycles. The van der Waals surface area contributed by atoms with Crippen LogP contribution in [-0.4, -0.2) is 23.9 Å². The average molecular weight is 356 g/mol. The normalized spacial score (nSPS) is 10.5. The highest BCUT2D eigenvalue weighted by Crippen LogP contribution is 2.16. The van der Waals surface area contributed by atoms with Crippen LogP contribution in [0.4, 0.5) is 5.69 Å². The van der Waals surface area contributed by atoms with Crippen molar-refractivity contribution in [2.75, 3.05) is 11.9 Å². The zero-order chi connectivity index (χ0) is 18.2. The summed E-state index contributed by atoms with van der Waals surface area (Å²) in [7, 11) is 0. The second-order valence-electron chi connectivity index (χ2n) is 5.34. The minimum Gasteiger partial charge on any atom is -0.546 e. The van der Waals surface area contributed by atoms with Crippen molar-refractivity contribution < 1.29 is 14.6 Å². The van der Waals surface area contributed by atoms with Gasteiger partial charge in [-0.1, -0.05) is 29.8 Å². The molecular formula is C18H18N3O3S-. The third kappa shape index (κ3) is 5.89. The van der Waals surface area contributed by atoms with E-state index >= 15 is 0 Å². The van der Waals surface area contributed by atoms with Crippen LogP contribution in [0.3, 0.4) is 0 Å². The molecule has 2 N–H and O–H groups in total. The number of hydrogen-bond donors (Lipinski definition) is 2. The third-order valence-electron chi connectivity index (χ3n) is 3.26. The summed E-state index contributed by atoms with van der Waals surface area (Å²) >= 11 is 5.21. The van der Waals surface area contributed by atoms with Crippen molar-refractivity contribution in [1.82, 2.24) is 5.43 Å². The van der Waals surface area contributed by atoms with E-state index in [0.717, 1.165) is 11.3 Å². The Kier molecular flexibility index (Phi) is 6.47. The van der Waals surface area contributed by atoms with E-state index in [1.54, 1.807) is 24.3 Å². The number of carbonyl (C=O) groups is 1. The number of benzene rings is 2. The lowest BCUT2D eigenvalue weighted by Gasteiger charge is -2.11. The van der Waals surface area contributed by atoms with E-state index in [2.05, 4.69) is 21.9 Å². The maximum atomic E-state index is 10.5. The SMILES string of the molecule is Cc1ccc(NC(=S)N/N=C\c2ccccc2OCC(=O)[O-])c(C)c1. The number of anilines is 1. The Hall–Kier alpha value is -2.93. The maximum absolute atomic E-state index is 10.5. The van der Waals surface area contributed by atoms with Gasteiger partial charge in [0, 0.05) is 11.3 Å². The number of aliphatic carboxylic acids is 1. The quantitative estimate of drug-likeness (QED) is 0.466. The molecule has 2 aromatic carbocycles. The predicted molar refractivity (Wildman–Crippen MR) is 99.8 cm³/mol. The number of hydrogen-bond acceptors (Lipinski definition) is 5. The molecule has 0 aliphatic rings. The third-order valence-corrected chi connectivity index (χ3v) is 3.46. The van der Waals surface area contributed by atoms with Crippen LogP contribution < -0.4 is 20.6 Å². The summed E-state index contributed by atoms with van der Waals surface area (Å²) in [5, 5.41) is 18.0. The van der Waals surface area contributed by atoms with Crippen LogP contribution in [0, 0.1) is 13.8 Å². The molecule has 2 aromatic rings. The lowest BCUT2D eigenvalue weighted by molar-refractivity contribution is -0.307. The largest absolute Gasteiger partial charge is 0.546 e. The number of ether oxygens (including phenoxy) is 1. The van der Waals surface area contributed by atoms with Crippen LogP contribution in [0.2, 0.25) is 0 Å². The van der Waals surface area contributed by atoms with Crippen molar-refractivity contribution in [2.24, 2.45) is 5.10 Å². The first kappa shape index (κ1) is 18.4. The molecule has 0 fully saturated rings. The van der Waals surface area contributed by atoms with Gasteiger partial charge in [0.15, 0.2) is 5.11 Å². The molecule has 0 atom stereocenters. The van der Waals surface area contributed by atoms with Gasteiger partial charge in [-0.2, -0.15) is 5.10 Å². The van der Waals surface area contributed by atoms with E-state index in [1.807, 2.05) is 26.0 Å². The highest BCUT2D eigenvalue weighted by atomic mass is 32.1. The fraction of sp³-hybridized carbons (Fsp3) is 0.167. The molecule has 0 spiro atoms. The van der Waals surface area contributed by atoms with Gasteiger partial charge in [0.1, 0.15) is 12.4 Å². The summed E-state index contributed by atoms with van der Waals surface area (Å²) in [6, 6.07) is 12.9. The van der Waals surface area contributed by atoms with Gasteiger partial charge in [-0.3, -0.25) is 5.43 Å². The lowest BCUT2D eigenvalue weighted by Crippen LogP contribution is -2.29. The summed E-state index contributed by atoms with van der Waals surface area (Å²) in [4.78, 5) is 10.5. The van der Waals surface area contributed by atoms with Gasteiger partial charge >= 0.3 is 0 Å². The molecule has 0 bridgehead atoms. The first-order chi connectivity index (χ1) is 12.0. The minimum absolute atomic E-state index is 0.344. The summed E-state index contributed by atoms with van der Waals surface area (Å²) < 4.78 is 5.15. The molecule has 6 nitrogen and oxygen atoms in total. The van der Waals surface area contributed by atoms with Crippen molar-refractivity contribution in [3.63, 3.8) is 0 Å². The number of carbonyl (C=O) groups excluding carboxylic acids is 1. The van der Waals surface area contributed by atoms with Crippen LogP contribution in [0.1, 0.15) is 16.7 Å². The second-order valence-corrected chi connectivity index (χ2v) is 5.75. The molecule has 2 rings (SSSR count). The van der Waals surface area contributed by atoms with E-state index in [9.17, 15) is 9.90 Å². The molecule has 0 amide bonds. The number of hydrazone groups is 1. The van der Waals surface area contributed by atoms with Gasteiger partial charge in [-0.25, -0.2) is 0 Å². The molecule has 25 heavy (non-hydrogen) atoms. The monoisotopic (exact) mass is 356 g/mol. The van der Waals surface area contributed by atoms with Crippen LogP contribution in [0.25, 0.3) is 0 Å². The first-order valence-corrected chi connectivity index (χ1v) is 7.95. The predicted octanol–water partition coefficient (Wildman–Crippen LogP) is 1.75. The Labute approximate surface area is 151 Å². The lowest BCUT2D eigenvalue weighted by atomic mass is 10.1. The molecule has 0 saturated carbocycles. The number of thiocarbonyl (C=S) groups is 1. The molecule has 0 aliphatic carbocycles. The van der Waals surface area contributed by atoms with Gasteiger partial charge in [0.25, 0.3) is 0 Å². The van der Waals surface area contributed by atoms with Crippen LogP contribution in [0.5, 0.6) is 5.75 Å². The molecule has 0 unspecified atom stereocenters. The number of carboxylic acid groups (broad SMARTS) is 1. The first-order valence-electron chi connectivity index (χ1n) is 7.54. The Bertz CT molecular complexity index is 806. The number of aryl methyl sites for hydroxylation is 2. The number of nitrogens with zero attached hydrogens (tertiary/aromatic N) is 1. The summed E-state index contributed by atoms with van der Waals surface area (Å²) in [5.41, 5.74) is 6.49. The van der Waals surface area contributed by atoms with Gasteiger partial charge in [0.05, 0.1) is 12.2 Å². The smallest absolute Gasteiger partial charge is 0.191 e. The molecule has 7 heteroatoms. The molecule has 0 radical (unpaired) electrons.